The number of likely N-dealkylation sites (N-methyl/N-ethyl adjacent to an activating group) is 1. The molecule has 2 nitrogen and oxygen atoms in total. The number of carbonyl (C=O) groups is 1. The van der Waals surface area contributed by atoms with Gasteiger partial charge in [0.15, 0.2) is 0 Å². The standard InChI is InChI=1S/C13H25NO/c1-4-6-7-8-9-10-11-12-14(3)13(15)5-2/h5H,2,4,6-12H2,1,3H3. The number of rotatable bonds is 9. The summed E-state index contributed by atoms with van der Waals surface area (Å²) >= 11 is 0. The molecule has 0 atom stereocenters. The van der Waals surface area contributed by atoms with Crippen LogP contribution in [-0.4, -0.2) is 24.4 Å². The Balaban J connectivity index is 3.23. The molecule has 0 aromatic carbocycles. The predicted molar refractivity (Wildman–Crippen MR) is 65.8 cm³/mol. The fourth-order valence-corrected chi connectivity index (χ4v) is 1.57. The van der Waals surface area contributed by atoms with Crippen molar-refractivity contribution in [2.75, 3.05) is 13.6 Å². The Morgan fingerprint density at radius 2 is 1.67 bits per heavy atom. The number of unbranched alkanes of at least 4 members (excludes halogenated alkanes) is 6. The maximum absolute atomic E-state index is 11.1. The van der Waals surface area contributed by atoms with Gasteiger partial charge in [0.25, 0.3) is 0 Å². The zero-order valence-corrected chi connectivity index (χ0v) is 10.3. The van der Waals surface area contributed by atoms with Gasteiger partial charge in [-0.15, -0.1) is 0 Å². The van der Waals surface area contributed by atoms with E-state index < -0.39 is 0 Å². The Morgan fingerprint density at radius 3 is 2.20 bits per heavy atom. The Kier molecular flexibility index (Phi) is 9.24. The lowest BCUT2D eigenvalue weighted by Crippen LogP contribution is -2.25. The molecule has 0 unspecified atom stereocenters. The number of hydrogen-bond acceptors (Lipinski definition) is 1. The lowest BCUT2D eigenvalue weighted by Gasteiger charge is -2.14. The van der Waals surface area contributed by atoms with Gasteiger partial charge in [0, 0.05) is 13.6 Å². The van der Waals surface area contributed by atoms with Crippen LogP contribution in [0, 0.1) is 0 Å². The van der Waals surface area contributed by atoms with Crippen LogP contribution >= 0.6 is 0 Å². The molecule has 0 saturated carbocycles. The maximum atomic E-state index is 11.1. The van der Waals surface area contributed by atoms with Crippen molar-refractivity contribution in [1.82, 2.24) is 4.90 Å². The van der Waals surface area contributed by atoms with Crippen LogP contribution < -0.4 is 0 Å². The first-order valence-corrected chi connectivity index (χ1v) is 6.10. The van der Waals surface area contributed by atoms with Crippen LogP contribution in [0.5, 0.6) is 0 Å². The van der Waals surface area contributed by atoms with Gasteiger partial charge in [0.2, 0.25) is 5.91 Å². The molecule has 0 aromatic rings. The van der Waals surface area contributed by atoms with Crippen molar-refractivity contribution >= 4 is 5.91 Å². The Morgan fingerprint density at radius 1 is 1.13 bits per heavy atom. The fourth-order valence-electron chi connectivity index (χ4n) is 1.57. The zero-order chi connectivity index (χ0) is 11.5. The van der Waals surface area contributed by atoms with Crippen molar-refractivity contribution in [2.45, 2.75) is 51.9 Å². The molecule has 0 aliphatic heterocycles. The topological polar surface area (TPSA) is 20.3 Å². The number of carbonyl (C=O) groups excluding carboxylic acids is 1. The molecule has 1 amide bonds. The molecule has 0 N–H and O–H groups in total. The van der Waals surface area contributed by atoms with Gasteiger partial charge < -0.3 is 4.90 Å². The molecule has 15 heavy (non-hydrogen) atoms. The second kappa shape index (κ2) is 9.75. The van der Waals surface area contributed by atoms with E-state index in [4.69, 9.17) is 0 Å². The van der Waals surface area contributed by atoms with E-state index in [0.717, 1.165) is 13.0 Å². The Hall–Kier alpha value is -0.790. The van der Waals surface area contributed by atoms with Crippen LogP contribution in [-0.2, 0) is 4.79 Å². The van der Waals surface area contributed by atoms with Gasteiger partial charge in [-0.2, -0.15) is 0 Å². The smallest absolute Gasteiger partial charge is 0.245 e. The SMILES string of the molecule is C=CC(=O)N(C)CCCCCCCCC. The third-order valence-corrected chi connectivity index (χ3v) is 2.65. The molecule has 0 radical (unpaired) electrons. The van der Waals surface area contributed by atoms with E-state index in [9.17, 15) is 4.79 Å². The minimum atomic E-state index is 0.0287. The van der Waals surface area contributed by atoms with Crippen LogP contribution in [0.2, 0.25) is 0 Å². The summed E-state index contributed by atoms with van der Waals surface area (Å²) in [5.74, 6) is 0.0287. The molecule has 88 valence electrons. The lowest BCUT2D eigenvalue weighted by molar-refractivity contribution is -0.124. The molecule has 2 heteroatoms. The molecular weight excluding hydrogens is 186 g/mol. The normalized spacial score (nSPS) is 10.0. The highest BCUT2D eigenvalue weighted by atomic mass is 16.2. The molecular formula is C13H25NO. The van der Waals surface area contributed by atoms with Crippen LogP contribution in [0.3, 0.4) is 0 Å². The molecule has 0 heterocycles. The van der Waals surface area contributed by atoms with Crippen molar-refractivity contribution in [3.05, 3.63) is 12.7 Å². The number of hydrogen-bond donors (Lipinski definition) is 0. The van der Waals surface area contributed by atoms with Crippen molar-refractivity contribution in [3.63, 3.8) is 0 Å². The van der Waals surface area contributed by atoms with E-state index in [1.807, 2.05) is 7.05 Å². The summed E-state index contributed by atoms with van der Waals surface area (Å²) < 4.78 is 0. The summed E-state index contributed by atoms with van der Waals surface area (Å²) in [6.07, 6.45) is 10.4. The summed E-state index contributed by atoms with van der Waals surface area (Å²) in [5, 5.41) is 0. The van der Waals surface area contributed by atoms with Gasteiger partial charge >= 0.3 is 0 Å². The summed E-state index contributed by atoms with van der Waals surface area (Å²) in [4.78, 5) is 12.9. The molecule has 0 spiro atoms. The molecule has 0 aromatic heterocycles. The van der Waals surface area contributed by atoms with Gasteiger partial charge in [-0.3, -0.25) is 4.79 Å². The third kappa shape index (κ3) is 8.22. The Labute approximate surface area is 94.4 Å². The summed E-state index contributed by atoms with van der Waals surface area (Å²) in [5.41, 5.74) is 0. The second-order valence-electron chi connectivity index (χ2n) is 4.09. The molecule has 0 rings (SSSR count). The minimum absolute atomic E-state index is 0.0287. The zero-order valence-electron chi connectivity index (χ0n) is 10.3. The average Bonchev–Trinajstić information content (AvgIpc) is 2.26. The van der Waals surface area contributed by atoms with Crippen molar-refractivity contribution < 1.29 is 4.79 Å². The molecule has 0 aliphatic carbocycles. The number of nitrogens with zero attached hydrogens (tertiary/aromatic N) is 1. The highest BCUT2D eigenvalue weighted by molar-refractivity contribution is 5.86. The van der Waals surface area contributed by atoms with E-state index in [-0.39, 0.29) is 5.91 Å². The van der Waals surface area contributed by atoms with Crippen molar-refractivity contribution in [2.24, 2.45) is 0 Å². The first kappa shape index (κ1) is 14.2. The van der Waals surface area contributed by atoms with E-state index in [0.29, 0.717) is 0 Å². The highest BCUT2D eigenvalue weighted by Crippen LogP contribution is 2.07. The van der Waals surface area contributed by atoms with Crippen LogP contribution in [0.15, 0.2) is 12.7 Å². The van der Waals surface area contributed by atoms with Gasteiger partial charge in [0.1, 0.15) is 0 Å². The largest absolute Gasteiger partial charge is 0.342 e. The predicted octanol–water partition coefficient (Wildman–Crippen LogP) is 3.38. The van der Waals surface area contributed by atoms with Crippen LogP contribution in [0.4, 0.5) is 0 Å². The van der Waals surface area contributed by atoms with Gasteiger partial charge in [-0.1, -0.05) is 52.0 Å². The second-order valence-corrected chi connectivity index (χ2v) is 4.09. The highest BCUT2D eigenvalue weighted by Gasteiger charge is 2.02. The monoisotopic (exact) mass is 211 g/mol. The van der Waals surface area contributed by atoms with Gasteiger partial charge in [0.05, 0.1) is 0 Å². The van der Waals surface area contributed by atoms with E-state index in [1.165, 1.54) is 44.6 Å². The minimum Gasteiger partial charge on any atom is -0.342 e. The van der Waals surface area contributed by atoms with E-state index >= 15 is 0 Å². The quantitative estimate of drug-likeness (QED) is 0.423. The van der Waals surface area contributed by atoms with Crippen LogP contribution in [0.1, 0.15) is 51.9 Å². The van der Waals surface area contributed by atoms with Crippen molar-refractivity contribution in [1.29, 1.82) is 0 Å². The maximum Gasteiger partial charge on any atom is 0.245 e. The molecule has 0 fully saturated rings. The first-order chi connectivity index (χ1) is 7.22. The summed E-state index contributed by atoms with van der Waals surface area (Å²) in [7, 11) is 1.83. The van der Waals surface area contributed by atoms with Gasteiger partial charge in [-0.05, 0) is 12.5 Å². The fraction of sp³-hybridized carbons (Fsp3) is 0.769. The summed E-state index contributed by atoms with van der Waals surface area (Å²) in [6.45, 7) is 6.56. The van der Waals surface area contributed by atoms with E-state index in [2.05, 4.69) is 13.5 Å². The molecule has 0 saturated heterocycles. The van der Waals surface area contributed by atoms with E-state index in [1.54, 1.807) is 4.90 Å². The third-order valence-electron chi connectivity index (χ3n) is 2.65. The molecule has 0 bridgehead atoms. The van der Waals surface area contributed by atoms with Gasteiger partial charge in [-0.25, -0.2) is 0 Å². The number of amides is 1. The Bertz CT molecular complexity index is 177. The summed E-state index contributed by atoms with van der Waals surface area (Å²) in [6, 6.07) is 0. The first-order valence-electron chi connectivity index (χ1n) is 6.10. The van der Waals surface area contributed by atoms with Crippen molar-refractivity contribution in [3.8, 4) is 0 Å². The lowest BCUT2D eigenvalue weighted by atomic mass is 10.1. The average molecular weight is 211 g/mol. The molecule has 0 aliphatic rings. The van der Waals surface area contributed by atoms with Crippen LogP contribution in [0.25, 0.3) is 0 Å².